The van der Waals surface area contributed by atoms with Gasteiger partial charge in [0, 0.05) is 24.9 Å². The largest absolute Gasteiger partial charge is 0.396 e. The van der Waals surface area contributed by atoms with Crippen molar-refractivity contribution in [3.05, 3.63) is 65.2 Å². The van der Waals surface area contributed by atoms with Gasteiger partial charge in [0.1, 0.15) is 6.04 Å². The third kappa shape index (κ3) is 5.19. The molecule has 1 spiro atoms. The Bertz CT molecular complexity index is 1210. The molecule has 2 bridgehead atoms. The van der Waals surface area contributed by atoms with E-state index in [1.54, 1.807) is 34.9 Å². The highest BCUT2D eigenvalue weighted by molar-refractivity contribution is 8.02. The van der Waals surface area contributed by atoms with Crippen molar-refractivity contribution in [2.75, 3.05) is 18.5 Å². The van der Waals surface area contributed by atoms with E-state index in [9.17, 15) is 14.4 Å². The Morgan fingerprint density at radius 1 is 1.05 bits per heavy atom. The van der Waals surface area contributed by atoms with Crippen LogP contribution in [-0.2, 0) is 20.9 Å². The van der Waals surface area contributed by atoms with E-state index in [-0.39, 0.29) is 35.5 Å². The molecule has 0 saturated carbocycles. The number of rotatable bonds is 11. The van der Waals surface area contributed by atoms with Crippen LogP contribution in [0.25, 0.3) is 0 Å². The molecule has 5 rings (SSSR count). The quantitative estimate of drug-likeness (QED) is 0.347. The van der Waals surface area contributed by atoms with Gasteiger partial charge in [-0.15, -0.1) is 11.8 Å². The van der Waals surface area contributed by atoms with Gasteiger partial charge in [-0.1, -0.05) is 73.8 Å². The van der Waals surface area contributed by atoms with E-state index in [0.717, 1.165) is 37.7 Å². The van der Waals surface area contributed by atoms with Crippen molar-refractivity contribution in [1.29, 1.82) is 0 Å². The van der Waals surface area contributed by atoms with Crippen LogP contribution in [-0.4, -0.2) is 56.9 Å². The molecule has 0 aromatic heterocycles. The van der Waals surface area contributed by atoms with E-state index in [0.29, 0.717) is 23.8 Å². The molecule has 2 aromatic rings. The second-order valence-corrected chi connectivity index (χ2v) is 12.9. The number of likely N-dealkylation sites (tertiary alicyclic amines) is 1. The first-order valence-electron chi connectivity index (χ1n) is 13.8. The van der Waals surface area contributed by atoms with Gasteiger partial charge in [-0.25, -0.2) is 0 Å². The number of unbranched alkanes of at least 4 members (excludes halogenated alkanes) is 3. The van der Waals surface area contributed by atoms with Gasteiger partial charge in [-0.3, -0.25) is 14.4 Å². The average Bonchev–Trinajstić information content (AvgIpc) is 3.52. The Morgan fingerprint density at radius 2 is 1.77 bits per heavy atom. The first-order valence-corrected chi connectivity index (χ1v) is 15.1. The molecular weight excluding hydrogens is 534 g/mol. The van der Waals surface area contributed by atoms with Crippen molar-refractivity contribution < 1.29 is 19.5 Å². The molecule has 3 aliphatic heterocycles. The summed E-state index contributed by atoms with van der Waals surface area (Å²) in [5.41, 5.74) is 1.52. The number of anilines is 1. The van der Waals surface area contributed by atoms with E-state index in [1.807, 2.05) is 36.4 Å². The molecule has 3 fully saturated rings. The number of carbonyl (C=O) groups excluding carboxylic acids is 3. The summed E-state index contributed by atoms with van der Waals surface area (Å²) in [7, 11) is 0. The van der Waals surface area contributed by atoms with E-state index in [4.69, 9.17) is 16.7 Å². The molecule has 39 heavy (non-hydrogen) atoms. The molecule has 3 N–H and O–H groups in total. The normalized spacial score (nSPS) is 28.9. The summed E-state index contributed by atoms with van der Waals surface area (Å²) in [5, 5.41) is 15.6. The summed E-state index contributed by atoms with van der Waals surface area (Å²) in [6, 6.07) is 16.2. The molecule has 3 unspecified atom stereocenters. The number of thioether (sulfide) groups is 1. The molecule has 2 aromatic carbocycles. The number of fused-ring (bicyclic) bond motifs is 1. The Hall–Kier alpha value is -2.55. The maximum Gasteiger partial charge on any atom is 0.248 e. The van der Waals surface area contributed by atoms with Crippen LogP contribution in [0, 0.1) is 17.8 Å². The molecule has 9 heteroatoms. The lowest BCUT2D eigenvalue weighted by Crippen LogP contribution is -2.55. The van der Waals surface area contributed by atoms with Crippen molar-refractivity contribution >= 4 is 46.8 Å². The topological polar surface area (TPSA) is 98.7 Å². The van der Waals surface area contributed by atoms with E-state index < -0.39 is 22.6 Å². The van der Waals surface area contributed by atoms with E-state index in [1.165, 1.54) is 0 Å². The fourth-order valence-corrected chi connectivity index (χ4v) is 9.38. The predicted octanol–water partition coefficient (Wildman–Crippen LogP) is 4.48. The molecule has 3 heterocycles. The minimum atomic E-state index is -0.693. The van der Waals surface area contributed by atoms with Crippen LogP contribution in [0.3, 0.4) is 0 Å². The zero-order chi connectivity index (χ0) is 27.6. The predicted molar refractivity (Wildman–Crippen MR) is 154 cm³/mol. The zero-order valence-electron chi connectivity index (χ0n) is 22.1. The molecule has 3 amide bonds. The first-order chi connectivity index (χ1) is 18.9. The maximum absolute atomic E-state index is 14.1. The lowest BCUT2D eigenvalue weighted by atomic mass is 9.66. The smallest absolute Gasteiger partial charge is 0.248 e. The van der Waals surface area contributed by atoms with Gasteiger partial charge < -0.3 is 20.6 Å². The summed E-state index contributed by atoms with van der Waals surface area (Å²) in [5.74, 6) is -1.39. The highest BCUT2D eigenvalue weighted by Crippen LogP contribution is 2.68. The summed E-state index contributed by atoms with van der Waals surface area (Å²) >= 11 is 8.04. The van der Waals surface area contributed by atoms with Crippen LogP contribution in [0.1, 0.15) is 44.6 Å². The van der Waals surface area contributed by atoms with Crippen LogP contribution in [0.15, 0.2) is 54.6 Å². The fourth-order valence-electron chi connectivity index (χ4n) is 6.77. The summed E-state index contributed by atoms with van der Waals surface area (Å²) in [4.78, 5) is 43.5. The molecule has 208 valence electrons. The van der Waals surface area contributed by atoms with Crippen molar-refractivity contribution in [2.24, 2.45) is 17.8 Å². The summed E-state index contributed by atoms with van der Waals surface area (Å²) < 4.78 is -0.674. The highest BCUT2D eigenvalue weighted by atomic mass is 35.5. The van der Waals surface area contributed by atoms with Gasteiger partial charge in [0.25, 0.3) is 0 Å². The van der Waals surface area contributed by atoms with Gasteiger partial charge in [0.15, 0.2) is 0 Å². The third-order valence-electron chi connectivity index (χ3n) is 8.55. The van der Waals surface area contributed by atoms with Crippen LogP contribution in [0.4, 0.5) is 5.69 Å². The van der Waals surface area contributed by atoms with Crippen LogP contribution in [0.5, 0.6) is 0 Å². The second kappa shape index (κ2) is 11.9. The third-order valence-corrected chi connectivity index (χ3v) is 11.0. The number of hydrogen-bond acceptors (Lipinski definition) is 5. The maximum atomic E-state index is 14.1. The molecule has 6 atom stereocenters. The molecule has 7 nitrogen and oxygen atoms in total. The summed E-state index contributed by atoms with van der Waals surface area (Å²) in [6.07, 6.45) is 3.96. The Kier molecular flexibility index (Phi) is 8.55. The second-order valence-electron chi connectivity index (χ2n) is 10.9. The number of amides is 3. The number of benzene rings is 2. The number of aliphatic hydroxyl groups is 1. The molecule has 3 aliphatic rings. The molecular formula is C30H36ClN3O4S. The van der Waals surface area contributed by atoms with Crippen LogP contribution >= 0.6 is 23.4 Å². The van der Waals surface area contributed by atoms with E-state index >= 15 is 0 Å². The standard InChI is InChI=1S/C30H36ClN3O4S/c1-19-17-23-24(27(36)32-18-20-11-5-4-6-12-20)25-29(38)34(15-9-2-3-10-16-35)26(30(19,25)39-23)28(37)33-22-14-8-7-13-21(22)31/h4-8,11-14,19,23-26,35H,2-3,9-10,15-18H2,1H3,(H,32,36)(H,33,37)/t19?,23-,24+,25-,26?,30?/m0/s1. The van der Waals surface area contributed by atoms with Gasteiger partial charge in [-0.05, 0) is 42.9 Å². The van der Waals surface area contributed by atoms with Crippen molar-refractivity contribution in [3.63, 3.8) is 0 Å². The minimum absolute atomic E-state index is 0.00737. The minimum Gasteiger partial charge on any atom is -0.396 e. The number of nitrogens with zero attached hydrogens (tertiary/aromatic N) is 1. The summed E-state index contributed by atoms with van der Waals surface area (Å²) in [6.45, 7) is 3.11. The number of para-hydroxylation sites is 1. The Morgan fingerprint density at radius 3 is 2.51 bits per heavy atom. The molecule has 0 aliphatic carbocycles. The number of nitrogens with one attached hydrogen (secondary N) is 2. The first kappa shape index (κ1) is 28.0. The van der Waals surface area contributed by atoms with Gasteiger partial charge >= 0.3 is 0 Å². The number of hydrogen-bond donors (Lipinski definition) is 3. The van der Waals surface area contributed by atoms with Gasteiger partial charge in [0.05, 0.1) is 27.3 Å². The average molecular weight is 570 g/mol. The lowest BCUT2D eigenvalue weighted by molar-refractivity contribution is -0.139. The fraction of sp³-hybridized carbons (Fsp3) is 0.500. The molecule has 3 saturated heterocycles. The zero-order valence-corrected chi connectivity index (χ0v) is 23.7. The highest BCUT2D eigenvalue weighted by Gasteiger charge is 2.75. The monoisotopic (exact) mass is 569 g/mol. The number of carbonyl (C=O) groups is 3. The van der Waals surface area contributed by atoms with Gasteiger partial charge in [0.2, 0.25) is 17.7 Å². The van der Waals surface area contributed by atoms with Crippen molar-refractivity contribution in [2.45, 2.75) is 61.6 Å². The van der Waals surface area contributed by atoms with Crippen molar-refractivity contribution in [3.8, 4) is 0 Å². The number of halogens is 1. The molecule has 0 radical (unpaired) electrons. The van der Waals surface area contributed by atoms with Crippen LogP contribution < -0.4 is 10.6 Å². The van der Waals surface area contributed by atoms with Crippen molar-refractivity contribution in [1.82, 2.24) is 10.2 Å². The van der Waals surface area contributed by atoms with Crippen LogP contribution in [0.2, 0.25) is 5.02 Å². The lowest BCUT2D eigenvalue weighted by Gasteiger charge is -2.38. The SMILES string of the molecule is CC1C[C@@H]2SC13C(C(=O)Nc1ccccc1Cl)N(CCCCCCO)C(=O)[C@@H]3[C@@H]2C(=O)NCc1ccccc1. The Balaban J connectivity index is 1.42. The van der Waals surface area contributed by atoms with E-state index in [2.05, 4.69) is 17.6 Å². The van der Waals surface area contributed by atoms with Gasteiger partial charge in [-0.2, -0.15) is 0 Å². The number of aliphatic hydroxyl groups excluding tert-OH is 1. The Labute approximate surface area is 239 Å².